The Hall–Kier alpha value is -4.64. The Bertz CT molecular complexity index is 1610. The van der Waals surface area contributed by atoms with Crippen molar-refractivity contribution in [3.8, 4) is 0 Å². The average Bonchev–Trinajstić information content (AvgIpc) is 3.44. The SMILES string of the molecule is Cc1cc(F)cc(C(=O)Nc2cc3nc(C(=O)NCCO)cn3c3c2C(c2cc(F)ccc2C)NC3=O)c1. The number of imidazole rings is 1. The van der Waals surface area contributed by atoms with Gasteiger partial charge in [-0.15, -0.1) is 0 Å². The molecule has 38 heavy (non-hydrogen) atoms. The molecule has 0 bridgehead atoms. The normalized spacial score (nSPS) is 14.3. The zero-order valence-electron chi connectivity index (χ0n) is 20.4. The van der Waals surface area contributed by atoms with Crippen LogP contribution in [0, 0.1) is 25.5 Å². The molecule has 0 radical (unpaired) electrons. The Morgan fingerprint density at radius 1 is 1.08 bits per heavy atom. The fourth-order valence-corrected chi connectivity index (χ4v) is 4.63. The largest absolute Gasteiger partial charge is 0.395 e. The van der Waals surface area contributed by atoms with Crippen LogP contribution in [0.2, 0.25) is 0 Å². The number of rotatable bonds is 6. The maximum absolute atomic E-state index is 14.2. The van der Waals surface area contributed by atoms with Gasteiger partial charge in [-0.3, -0.25) is 18.8 Å². The number of aromatic nitrogens is 2. The third kappa shape index (κ3) is 4.48. The Morgan fingerprint density at radius 2 is 1.87 bits per heavy atom. The van der Waals surface area contributed by atoms with Crippen molar-refractivity contribution in [2.24, 2.45) is 0 Å². The summed E-state index contributed by atoms with van der Waals surface area (Å²) in [6.45, 7) is 3.18. The third-order valence-electron chi connectivity index (χ3n) is 6.31. The maximum atomic E-state index is 14.2. The number of aliphatic hydroxyl groups is 1. The summed E-state index contributed by atoms with van der Waals surface area (Å²) in [7, 11) is 0. The number of fused-ring (bicyclic) bond motifs is 3. The monoisotopic (exact) mass is 519 g/mol. The quantitative estimate of drug-likeness (QED) is 0.312. The van der Waals surface area contributed by atoms with Crippen LogP contribution in [0.4, 0.5) is 14.5 Å². The standard InChI is InChI=1S/C27H23F2N5O4/c1-13-7-15(9-17(29)8-13)25(36)32-19-11-21-31-20(26(37)30-5-6-35)12-34(21)24-22(19)23(33-27(24)38)18-10-16(28)4-3-14(18)2/h3-4,7-12,23,35H,5-6H2,1-2H3,(H,30,37)(H,32,36)(H,33,38). The minimum Gasteiger partial charge on any atom is -0.395 e. The van der Waals surface area contributed by atoms with Gasteiger partial charge < -0.3 is 21.1 Å². The first-order valence-corrected chi connectivity index (χ1v) is 11.8. The fourth-order valence-electron chi connectivity index (χ4n) is 4.63. The molecule has 2 aromatic heterocycles. The lowest BCUT2D eigenvalue weighted by Crippen LogP contribution is -2.26. The number of benzene rings is 2. The van der Waals surface area contributed by atoms with Crippen molar-refractivity contribution in [3.63, 3.8) is 0 Å². The van der Waals surface area contributed by atoms with E-state index in [1.165, 1.54) is 40.9 Å². The Morgan fingerprint density at radius 3 is 2.61 bits per heavy atom. The van der Waals surface area contributed by atoms with Crippen molar-refractivity contribution >= 4 is 29.1 Å². The van der Waals surface area contributed by atoms with Crippen molar-refractivity contribution in [2.45, 2.75) is 19.9 Å². The second-order valence-corrected chi connectivity index (χ2v) is 9.03. The number of nitrogens with one attached hydrogen (secondary N) is 3. The summed E-state index contributed by atoms with van der Waals surface area (Å²) in [5, 5.41) is 17.1. The van der Waals surface area contributed by atoms with E-state index >= 15 is 0 Å². The average molecular weight is 520 g/mol. The molecular weight excluding hydrogens is 496 g/mol. The molecule has 1 aliphatic rings. The molecule has 0 saturated carbocycles. The molecule has 9 nitrogen and oxygen atoms in total. The van der Waals surface area contributed by atoms with Gasteiger partial charge in [0.25, 0.3) is 17.7 Å². The van der Waals surface area contributed by atoms with Crippen LogP contribution in [0.5, 0.6) is 0 Å². The van der Waals surface area contributed by atoms with Crippen LogP contribution in [0.25, 0.3) is 5.65 Å². The van der Waals surface area contributed by atoms with Crippen LogP contribution in [0.15, 0.2) is 48.7 Å². The first-order valence-electron chi connectivity index (χ1n) is 11.8. The molecule has 1 atom stereocenters. The van der Waals surface area contributed by atoms with E-state index in [0.717, 1.165) is 6.07 Å². The highest BCUT2D eigenvalue weighted by atomic mass is 19.1. The minimum atomic E-state index is -0.823. The van der Waals surface area contributed by atoms with Gasteiger partial charge in [0.05, 0.1) is 18.3 Å². The molecule has 0 saturated heterocycles. The zero-order chi connectivity index (χ0) is 27.1. The van der Waals surface area contributed by atoms with Crippen LogP contribution in [-0.2, 0) is 0 Å². The summed E-state index contributed by atoms with van der Waals surface area (Å²) in [5.41, 5.74) is 2.63. The second kappa shape index (κ2) is 9.67. The molecule has 11 heteroatoms. The van der Waals surface area contributed by atoms with Crippen LogP contribution in [-0.4, -0.2) is 45.4 Å². The van der Waals surface area contributed by atoms with Gasteiger partial charge in [0, 0.05) is 29.9 Å². The molecule has 3 amide bonds. The Kier molecular flexibility index (Phi) is 6.37. The molecule has 0 aliphatic carbocycles. The van der Waals surface area contributed by atoms with E-state index in [9.17, 15) is 23.2 Å². The number of aryl methyl sites for hydroxylation is 2. The van der Waals surface area contributed by atoms with E-state index in [1.807, 2.05) is 0 Å². The summed E-state index contributed by atoms with van der Waals surface area (Å²) >= 11 is 0. The molecule has 0 spiro atoms. The number of anilines is 1. The van der Waals surface area contributed by atoms with Gasteiger partial charge in [-0.2, -0.15) is 0 Å². The van der Waals surface area contributed by atoms with Crippen LogP contribution in [0.1, 0.15) is 59.6 Å². The van der Waals surface area contributed by atoms with Crippen LogP contribution >= 0.6 is 0 Å². The smallest absolute Gasteiger partial charge is 0.271 e. The highest BCUT2D eigenvalue weighted by Gasteiger charge is 2.37. The van der Waals surface area contributed by atoms with Gasteiger partial charge in [0.2, 0.25) is 0 Å². The number of hydrogen-bond acceptors (Lipinski definition) is 5. The zero-order valence-corrected chi connectivity index (χ0v) is 20.4. The lowest BCUT2D eigenvalue weighted by atomic mass is 9.95. The number of hydrogen-bond donors (Lipinski definition) is 4. The minimum absolute atomic E-state index is 0.0110. The molecule has 1 unspecified atom stereocenters. The van der Waals surface area contributed by atoms with Crippen molar-refractivity contribution in [3.05, 3.63) is 99.5 Å². The highest BCUT2D eigenvalue weighted by Crippen LogP contribution is 2.39. The number of amides is 3. The number of pyridine rings is 1. The Labute approximate surface area is 215 Å². The first kappa shape index (κ1) is 25.0. The molecule has 194 valence electrons. The Balaban J connectivity index is 1.69. The molecule has 2 aromatic carbocycles. The van der Waals surface area contributed by atoms with Crippen LogP contribution in [0.3, 0.4) is 0 Å². The van der Waals surface area contributed by atoms with Crippen molar-refractivity contribution in [2.75, 3.05) is 18.5 Å². The summed E-state index contributed by atoms with van der Waals surface area (Å²) < 4.78 is 29.7. The number of nitrogens with zero attached hydrogens (tertiary/aromatic N) is 2. The van der Waals surface area contributed by atoms with Crippen LogP contribution < -0.4 is 16.0 Å². The lowest BCUT2D eigenvalue weighted by molar-refractivity contribution is 0.0935. The highest BCUT2D eigenvalue weighted by molar-refractivity contribution is 6.08. The summed E-state index contributed by atoms with van der Waals surface area (Å²) in [5.74, 6) is -2.78. The molecular formula is C27H23F2N5O4. The van der Waals surface area contributed by atoms with Crippen molar-refractivity contribution in [1.29, 1.82) is 0 Å². The summed E-state index contributed by atoms with van der Waals surface area (Å²) in [4.78, 5) is 43.2. The van der Waals surface area contributed by atoms with Gasteiger partial charge in [-0.25, -0.2) is 13.8 Å². The van der Waals surface area contributed by atoms with E-state index in [-0.39, 0.29) is 41.4 Å². The first-order chi connectivity index (χ1) is 18.2. The molecule has 4 N–H and O–H groups in total. The molecule has 1 aliphatic heterocycles. The predicted octanol–water partition coefficient (Wildman–Crippen LogP) is 3.04. The molecule has 5 rings (SSSR count). The van der Waals surface area contributed by atoms with Gasteiger partial charge in [-0.05, 0) is 60.9 Å². The fraction of sp³-hybridized carbons (Fsp3) is 0.185. The van der Waals surface area contributed by atoms with Gasteiger partial charge >= 0.3 is 0 Å². The predicted molar refractivity (Wildman–Crippen MR) is 134 cm³/mol. The van der Waals surface area contributed by atoms with Gasteiger partial charge in [0.1, 0.15) is 28.7 Å². The molecule has 4 aromatic rings. The van der Waals surface area contributed by atoms with E-state index < -0.39 is 35.4 Å². The lowest BCUT2D eigenvalue weighted by Gasteiger charge is -2.19. The van der Waals surface area contributed by atoms with E-state index in [0.29, 0.717) is 22.3 Å². The number of aliphatic hydroxyl groups excluding tert-OH is 1. The number of carbonyl (C=O) groups is 3. The summed E-state index contributed by atoms with van der Waals surface area (Å²) in [6, 6.07) is 8.78. The second-order valence-electron chi connectivity index (χ2n) is 9.03. The van der Waals surface area contributed by atoms with Crippen molar-refractivity contribution in [1.82, 2.24) is 20.0 Å². The third-order valence-corrected chi connectivity index (χ3v) is 6.31. The van der Waals surface area contributed by atoms with Gasteiger partial charge in [0.15, 0.2) is 0 Å². The number of halogens is 2. The van der Waals surface area contributed by atoms with Gasteiger partial charge in [-0.1, -0.05) is 6.07 Å². The number of carbonyl (C=O) groups excluding carboxylic acids is 3. The van der Waals surface area contributed by atoms with E-state index in [1.54, 1.807) is 19.9 Å². The van der Waals surface area contributed by atoms with Crippen molar-refractivity contribution < 1.29 is 28.3 Å². The molecule has 3 heterocycles. The maximum Gasteiger partial charge on any atom is 0.271 e. The van der Waals surface area contributed by atoms with E-state index in [4.69, 9.17) is 5.11 Å². The van der Waals surface area contributed by atoms with E-state index in [2.05, 4.69) is 20.9 Å². The summed E-state index contributed by atoms with van der Waals surface area (Å²) in [6.07, 6.45) is 1.38. The molecule has 0 fully saturated rings. The topological polar surface area (TPSA) is 125 Å².